The van der Waals surface area contributed by atoms with Crippen molar-refractivity contribution in [2.45, 2.75) is 13.0 Å². The van der Waals surface area contributed by atoms with Crippen LogP contribution >= 0.6 is 23.2 Å². The van der Waals surface area contributed by atoms with Gasteiger partial charge in [0.25, 0.3) is 0 Å². The van der Waals surface area contributed by atoms with E-state index in [1.165, 1.54) is 0 Å². The van der Waals surface area contributed by atoms with E-state index >= 15 is 0 Å². The first-order chi connectivity index (χ1) is 9.02. The molecular weight excluding hydrogens is 285 g/mol. The number of benzene rings is 1. The van der Waals surface area contributed by atoms with Crippen molar-refractivity contribution in [1.29, 1.82) is 5.41 Å². The number of nitrogens with zero attached hydrogens (tertiary/aromatic N) is 1. The van der Waals surface area contributed by atoms with Gasteiger partial charge in [-0.05, 0) is 17.7 Å². The van der Waals surface area contributed by atoms with Crippen LogP contribution in [0.2, 0.25) is 10.0 Å². The van der Waals surface area contributed by atoms with Gasteiger partial charge in [-0.2, -0.15) is 0 Å². The monoisotopic (exact) mass is 303 g/mol. The third-order valence-electron chi connectivity index (χ3n) is 2.72. The molecule has 0 saturated carbocycles. The third-order valence-corrected chi connectivity index (χ3v) is 3.31. The highest BCUT2D eigenvalue weighted by Gasteiger charge is 2.09. The van der Waals surface area contributed by atoms with Gasteiger partial charge < -0.3 is 10.5 Å². The summed E-state index contributed by atoms with van der Waals surface area (Å²) in [6.45, 7) is 2.79. The maximum Gasteiger partial charge on any atom is 0.0918 e. The molecule has 0 amide bonds. The molecule has 0 atom stereocenters. The van der Waals surface area contributed by atoms with Gasteiger partial charge in [-0.1, -0.05) is 29.3 Å². The molecular formula is C13H19Cl2N3O. The van der Waals surface area contributed by atoms with Crippen LogP contribution in [0.1, 0.15) is 12.0 Å². The van der Waals surface area contributed by atoms with E-state index in [-0.39, 0.29) is 5.84 Å². The Balaban J connectivity index is 2.66. The normalized spacial score (nSPS) is 10.9. The molecule has 0 aliphatic heterocycles. The fourth-order valence-electron chi connectivity index (χ4n) is 1.66. The quantitative estimate of drug-likeness (QED) is 0.573. The average Bonchev–Trinajstić information content (AvgIpc) is 2.35. The summed E-state index contributed by atoms with van der Waals surface area (Å²) < 4.78 is 5.09. The number of hydrogen-bond acceptors (Lipinski definition) is 3. The molecule has 0 unspecified atom stereocenters. The van der Waals surface area contributed by atoms with Gasteiger partial charge in [0.2, 0.25) is 0 Å². The summed E-state index contributed by atoms with van der Waals surface area (Å²) in [4.78, 5) is 2.15. The Bertz CT molecular complexity index is 426. The second kappa shape index (κ2) is 8.38. The molecule has 106 valence electrons. The standard InChI is InChI=1S/C13H19Cl2N3O/c1-19-7-6-18(5-4-13(16)17)9-10-2-3-11(14)8-12(10)15/h2-3,8H,4-7,9H2,1H3,(H3,16,17). The van der Waals surface area contributed by atoms with Crippen LogP contribution < -0.4 is 5.73 Å². The summed E-state index contributed by atoms with van der Waals surface area (Å²) in [5.74, 6) is 0.185. The Morgan fingerprint density at radius 2 is 2.11 bits per heavy atom. The molecule has 1 rings (SSSR count). The smallest absolute Gasteiger partial charge is 0.0918 e. The van der Waals surface area contributed by atoms with E-state index in [1.54, 1.807) is 13.2 Å². The maximum absolute atomic E-state index is 7.29. The molecule has 0 spiro atoms. The van der Waals surface area contributed by atoms with Crippen molar-refractivity contribution in [3.8, 4) is 0 Å². The maximum atomic E-state index is 7.29. The predicted molar refractivity (Wildman–Crippen MR) is 80.1 cm³/mol. The van der Waals surface area contributed by atoms with Gasteiger partial charge in [0, 0.05) is 43.2 Å². The van der Waals surface area contributed by atoms with Crippen molar-refractivity contribution >= 4 is 29.0 Å². The minimum atomic E-state index is 0.185. The first kappa shape index (κ1) is 16.2. The number of amidine groups is 1. The van der Waals surface area contributed by atoms with Crippen molar-refractivity contribution in [1.82, 2.24) is 4.90 Å². The summed E-state index contributed by atoms with van der Waals surface area (Å²) >= 11 is 12.0. The van der Waals surface area contributed by atoms with E-state index in [2.05, 4.69) is 4.90 Å². The minimum Gasteiger partial charge on any atom is -0.388 e. The number of hydrogen-bond donors (Lipinski definition) is 2. The van der Waals surface area contributed by atoms with Crippen LogP contribution in [-0.4, -0.2) is 37.5 Å². The van der Waals surface area contributed by atoms with Crippen molar-refractivity contribution in [2.24, 2.45) is 5.73 Å². The molecule has 0 bridgehead atoms. The fraction of sp³-hybridized carbons (Fsp3) is 0.462. The number of nitrogens with one attached hydrogen (secondary N) is 1. The molecule has 0 fully saturated rings. The molecule has 1 aromatic carbocycles. The van der Waals surface area contributed by atoms with E-state index in [0.29, 0.717) is 36.2 Å². The molecule has 0 radical (unpaired) electrons. The lowest BCUT2D eigenvalue weighted by Crippen LogP contribution is -2.30. The van der Waals surface area contributed by atoms with Crippen LogP contribution in [0, 0.1) is 5.41 Å². The molecule has 1 aromatic rings. The highest BCUT2D eigenvalue weighted by molar-refractivity contribution is 6.35. The summed E-state index contributed by atoms with van der Waals surface area (Å²) in [5.41, 5.74) is 6.40. The summed E-state index contributed by atoms with van der Waals surface area (Å²) in [5, 5.41) is 8.57. The lowest BCUT2D eigenvalue weighted by atomic mass is 10.2. The Hall–Kier alpha value is -0.810. The number of halogens is 2. The topological polar surface area (TPSA) is 62.3 Å². The Labute approximate surface area is 123 Å². The first-order valence-electron chi connectivity index (χ1n) is 6.01. The van der Waals surface area contributed by atoms with Gasteiger partial charge in [0.15, 0.2) is 0 Å². The number of methoxy groups -OCH3 is 1. The van der Waals surface area contributed by atoms with Crippen molar-refractivity contribution in [3.05, 3.63) is 33.8 Å². The van der Waals surface area contributed by atoms with E-state index in [4.69, 9.17) is 39.1 Å². The SMILES string of the molecule is COCCN(CCC(=N)N)Cc1ccc(Cl)cc1Cl. The Morgan fingerprint density at radius 3 is 2.68 bits per heavy atom. The van der Waals surface area contributed by atoms with Gasteiger partial charge in [-0.15, -0.1) is 0 Å². The first-order valence-corrected chi connectivity index (χ1v) is 6.76. The van der Waals surface area contributed by atoms with Gasteiger partial charge in [-0.25, -0.2) is 0 Å². The number of nitrogens with two attached hydrogens (primary N) is 1. The van der Waals surface area contributed by atoms with Crippen molar-refractivity contribution in [3.63, 3.8) is 0 Å². The van der Waals surface area contributed by atoms with E-state index in [9.17, 15) is 0 Å². The average molecular weight is 304 g/mol. The minimum absolute atomic E-state index is 0.185. The van der Waals surface area contributed by atoms with Crippen LogP contribution in [0.15, 0.2) is 18.2 Å². The van der Waals surface area contributed by atoms with Crippen LogP contribution in [-0.2, 0) is 11.3 Å². The zero-order valence-electron chi connectivity index (χ0n) is 11.0. The van der Waals surface area contributed by atoms with E-state index in [0.717, 1.165) is 12.1 Å². The second-order valence-electron chi connectivity index (χ2n) is 4.28. The molecule has 0 heterocycles. The van der Waals surface area contributed by atoms with Gasteiger partial charge >= 0.3 is 0 Å². The third kappa shape index (κ3) is 6.25. The zero-order chi connectivity index (χ0) is 14.3. The molecule has 0 aromatic heterocycles. The number of ether oxygens (including phenoxy) is 1. The molecule has 0 aliphatic carbocycles. The lowest BCUT2D eigenvalue weighted by molar-refractivity contribution is 0.145. The Morgan fingerprint density at radius 1 is 1.37 bits per heavy atom. The largest absolute Gasteiger partial charge is 0.388 e. The predicted octanol–water partition coefficient (Wildman–Crippen LogP) is 2.77. The summed E-state index contributed by atoms with van der Waals surface area (Å²) in [7, 11) is 1.67. The van der Waals surface area contributed by atoms with Crippen molar-refractivity contribution < 1.29 is 4.74 Å². The van der Waals surface area contributed by atoms with Gasteiger partial charge in [-0.3, -0.25) is 10.3 Å². The zero-order valence-corrected chi connectivity index (χ0v) is 12.5. The van der Waals surface area contributed by atoms with Crippen molar-refractivity contribution in [2.75, 3.05) is 26.8 Å². The highest BCUT2D eigenvalue weighted by Crippen LogP contribution is 2.22. The second-order valence-corrected chi connectivity index (χ2v) is 5.12. The van der Waals surface area contributed by atoms with E-state index < -0.39 is 0 Å². The van der Waals surface area contributed by atoms with E-state index in [1.807, 2.05) is 12.1 Å². The molecule has 3 N–H and O–H groups in total. The number of rotatable bonds is 8. The molecule has 6 heteroatoms. The molecule has 19 heavy (non-hydrogen) atoms. The fourth-order valence-corrected chi connectivity index (χ4v) is 2.13. The van der Waals surface area contributed by atoms with Gasteiger partial charge in [0.1, 0.15) is 0 Å². The molecule has 0 saturated heterocycles. The Kier molecular flexibility index (Phi) is 7.16. The van der Waals surface area contributed by atoms with Gasteiger partial charge in [0.05, 0.1) is 12.4 Å². The summed E-state index contributed by atoms with van der Waals surface area (Å²) in [6.07, 6.45) is 0.537. The van der Waals surface area contributed by atoms with Crippen LogP contribution in [0.5, 0.6) is 0 Å². The highest BCUT2D eigenvalue weighted by atomic mass is 35.5. The summed E-state index contributed by atoms with van der Waals surface area (Å²) in [6, 6.07) is 5.47. The van der Waals surface area contributed by atoms with Crippen LogP contribution in [0.4, 0.5) is 0 Å². The van der Waals surface area contributed by atoms with Crippen LogP contribution in [0.3, 0.4) is 0 Å². The van der Waals surface area contributed by atoms with Crippen LogP contribution in [0.25, 0.3) is 0 Å². The molecule has 0 aliphatic rings. The molecule has 4 nitrogen and oxygen atoms in total. The lowest BCUT2D eigenvalue weighted by Gasteiger charge is -2.22.